The van der Waals surface area contributed by atoms with Gasteiger partial charge in [0.1, 0.15) is 0 Å². The molecular weight excluding hydrogens is 366 g/mol. The van der Waals surface area contributed by atoms with Gasteiger partial charge in [-0.1, -0.05) is 54.6 Å². The second-order valence-corrected chi connectivity index (χ2v) is 7.53. The van der Waals surface area contributed by atoms with Crippen molar-refractivity contribution in [2.24, 2.45) is 0 Å². The molecule has 0 spiro atoms. The van der Waals surface area contributed by atoms with Crippen LogP contribution >= 0.6 is 0 Å². The summed E-state index contributed by atoms with van der Waals surface area (Å²) in [5, 5.41) is 8.03. The quantitative estimate of drug-likeness (QED) is 0.374. The van der Waals surface area contributed by atoms with E-state index in [4.69, 9.17) is 4.84 Å². The Bertz CT molecular complexity index is 1200. The lowest BCUT2D eigenvalue weighted by molar-refractivity contribution is -0.197. The van der Waals surface area contributed by atoms with Gasteiger partial charge in [0.25, 0.3) is 11.8 Å². The summed E-state index contributed by atoms with van der Waals surface area (Å²) in [6.45, 7) is 0. The van der Waals surface area contributed by atoms with E-state index in [0.717, 1.165) is 5.56 Å². The van der Waals surface area contributed by atoms with E-state index in [1.165, 1.54) is 32.3 Å². The Morgan fingerprint density at radius 3 is 2.00 bits per heavy atom. The lowest BCUT2D eigenvalue weighted by Gasteiger charge is -2.13. The SMILES string of the molecule is O=C(CCCc1cc2ccc3cccc4ccc(c1)c2c34)ON1C(=O)CCC1=O. The minimum absolute atomic E-state index is 0.107. The fourth-order valence-corrected chi connectivity index (χ4v) is 4.20. The molecule has 1 saturated heterocycles. The maximum atomic E-state index is 12.0. The summed E-state index contributed by atoms with van der Waals surface area (Å²) in [7, 11) is 0. The molecule has 0 saturated carbocycles. The van der Waals surface area contributed by atoms with Crippen molar-refractivity contribution in [3.8, 4) is 0 Å². The second-order valence-electron chi connectivity index (χ2n) is 7.53. The van der Waals surface area contributed by atoms with Crippen molar-refractivity contribution in [2.45, 2.75) is 32.1 Å². The van der Waals surface area contributed by atoms with Crippen LogP contribution in [0.3, 0.4) is 0 Å². The Kier molecular flexibility index (Phi) is 4.16. The van der Waals surface area contributed by atoms with Gasteiger partial charge in [0, 0.05) is 19.3 Å². The summed E-state index contributed by atoms with van der Waals surface area (Å²) in [5.41, 5.74) is 1.15. The zero-order valence-electron chi connectivity index (χ0n) is 15.8. The predicted molar refractivity (Wildman–Crippen MR) is 110 cm³/mol. The molecule has 29 heavy (non-hydrogen) atoms. The van der Waals surface area contributed by atoms with Gasteiger partial charge in [-0.15, -0.1) is 5.06 Å². The third-order valence-electron chi connectivity index (χ3n) is 5.57. The molecule has 1 aliphatic rings. The van der Waals surface area contributed by atoms with Crippen LogP contribution in [0.5, 0.6) is 0 Å². The van der Waals surface area contributed by atoms with Crippen molar-refractivity contribution >= 4 is 50.1 Å². The Balaban J connectivity index is 1.32. The number of hydroxylamine groups is 2. The van der Waals surface area contributed by atoms with Crippen LogP contribution in [0.1, 0.15) is 31.2 Å². The third-order valence-corrected chi connectivity index (χ3v) is 5.57. The topological polar surface area (TPSA) is 63.7 Å². The van der Waals surface area contributed by atoms with E-state index >= 15 is 0 Å². The number of benzene rings is 4. The van der Waals surface area contributed by atoms with Crippen LogP contribution in [0.2, 0.25) is 0 Å². The number of imide groups is 1. The first-order valence-corrected chi connectivity index (χ1v) is 9.83. The van der Waals surface area contributed by atoms with Crippen molar-refractivity contribution in [1.29, 1.82) is 0 Å². The van der Waals surface area contributed by atoms with Crippen molar-refractivity contribution in [2.75, 3.05) is 0 Å². The summed E-state index contributed by atoms with van der Waals surface area (Å²) in [5.74, 6) is -1.45. The molecule has 144 valence electrons. The number of aryl methyl sites for hydroxylation is 1. The van der Waals surface area contributed by atoms with E-state index in [0.29, 0.717) is 17.9 Å². The molecule has 0 N–H and O–H groups in total. The van der Waals surface area contributed by atoms with E-state index < -0.39 is 17.8 Å². The average molecular weight is 385 g/mol. The van der Waals surface area contributed by atoms with Gasteiger partial charge in [-0.05, 0) is 50.7 Å². The van der Waals surface area contributed by atoms with Crippen LogP contribution in [0.4, 0.5) is 0 Å². The van der Waals surface area contributed by atoms with Crippen LogP contribution in [0.25, 0.3) is 32.3 Å². The molecule has 0 aliphatic carbocycles. The molecule has 5 heteroatoms. The van der Waals surface area contributed by atoms with E-state index in [1.807, 2.05) is 0 Å². The van der Waals surface area contributed by atoms with Crippen molar-refractivity contribution in [1.82, 2.24) is 5.06 Å². The van der Waals surface area contributed by atoms with Crippen LogP contribution in [0.15, 0.2) is 54.6 Å². The molecular formula is C24H19NO4. The monoisotopic (exact) mass is 385 g/mol. The number of hydrogen-bond donors (Lipinski definition) is 0. The maximum Gasteiger partial charge on any atom is 0.333 e. The fraction of sp³-hybridized carbons (Fsp3) is 0.208. The van der Waals surface area contributed by atoms with E-state index in [-0.39, 0.29) is 19.3 Å². The zero-order valence-corrected chi connectivity index (χ0v) is 15.8. The summed E-state index contributed by atoms with van der Waals surface area (Å²) in [6, 6.07) is 19.3. The predicted octanol–water partition coefficient (Wildman–Crippen LogP) is 4.51. The van der Waals surface area contributed by atoms with Gasteiger partial charge < -0.3 is 4.84 Å². The third kappa shape index (κ3) is 3.09. The van der Waals surface area contributed by atoms with E-state index in [1.54, 1.807) is 0 Å². The summed E-state index contributed by atoms with van der Waals surface area (Å²) in [4.78, 5) is 40.0. The maximum absolute atomic E-state index is 12.0. The van der Waals surface area contributed by atoms with Crippen LogP contribution < -0.4 is 0 Å². The second kappa shape index (κ2) is 6.85. The molecule has 0 bridgehead atoms. The summed E-state index contributed by atoms with van der Waals surface area (Å²) < 4.78 is 0. The van der Waals surface area contributed by atoms with Gasteiger partial charge in [-0.25, -0.2) is 4.79 Å². The molecule has 0 aromatic heterocycles. The average Bonchev–Trinajstić information content (AvgIpc) is 3.04. The number of nitrogens with zero attached hydrogens (tertiary/aromatic N) is 1. The Morgan fingerprint density at radius 2 is 1.38 bits per heavy atom. The van der Waals surface area contributed by atoms with E-state index in [9.17, 15) is 14.4 Å². The van der Waals surface area contributed by atoms with Crippen molar-refractivity contribution < 1.29 is 19.2 Å². The van der Waals surface area contributed by atoms with Crippen molar-refractivity contribution in [3.63, 3.8) is 0 Å². The first kappa shape index (κ1) is 17.6. The molecule has 4 aromatic rings. The van der Waals surface area contributed by atoms with Gasteiger partial charge in [0.15, 0.2) is 0 Å². The smallest absolute Gasteiger partial charge is 0.330 e. The molecule has 1 aliphatic heterocycles. The van der Waals surface area contributed by atoms with Gasteiger partial charge in [-0.3, -0.25) is 9.59 Å². The fourth-order valence-electron chi connectivity index (χ4n) is 4.20. The minimum atomic E-state index is -0.550. The number of hydrogen-bond acceptors (Lipinski definition) is 4. The zero-order chi connectivity index (χ0) is 20.0. The minimum Gasteiger partial charge on any atom is -0.330 e. The van der Waals surface area contributed by atoms with Gasteiger partial charge >= 0.3 is 5.97 Å². The molecule has 0 unspecified atom stereocenters. The lowest BCUT2D eigenvalue weighted by atomic mass is 9.92. The Labute approximate surface area is 167 Å². The summed E-state index contributed by atoms with van der Waals surface area (Å²) in [6.07, 6.45) is 1.67. The Hall–Kier alpha value is -3.47. The number of carbonyl (C=O) groups excluding carboxylic acids is 3. The first-order chi connectivity index (χ1) is 14.1. The molecule has 0 atom stereocenters. The largest absolute Gasteiger partial charge is 0.333 e. The van der Waals surface area contributed by atoms with Gasteiger partial charge in [0.05, 0.1) is 0 Å². The highest BCUT2D eigenvalue weighted by Crippen LogP contribution is 2.35. The molecule has 5 rings (SSSR count). The highest BCUT2D eigenvalue weighted by atomic mass is 16.7. The van der Waals surface area contributed by atoms with Crippen LogP contribution in [-0.2, 0) is 25.6 Å². The molecule has 1 fully saturated rings. The van der Waals surface area contributed by atoms with E-state index in [2.05, 4.69) is 54.6 Å². The van der Waals surface area contributed by atoms with Gasteiger partial charge in [-0.2, -0.15) is 0 Å². The number of rotatable bonds is 5. The molecule has 5 nitrogen and oxygen atoms in total. The molecule has 1 heterocycles. The molecule has 0 radical (unpaired) electrons. The molecule has 4 aromatic carbocycles. The van der Waals surface area contributed by atoms with Crippen molar-refractivity contribution in [3.05, 3.63) is 60.2 Å². The van der Waals surface area contributed by atoms with Crippen LogP contribution in [-0.4, -0.2) is 22.8 Å². The van der Waals surface area contributed by atoms with Gasteiger partial charge in [0.2, 0.25) is 0 Å². The lowest BCUT2D eigenvalue weighted by Crippen LogP contribution is -2.31. The highest BCUT2D eigenvalue weighted by Gasteiger charge is 2.32. The number of carbonyl (C=O) groups is 3. The molecule has 2 amide bonds. The highest BCUT2D eigenvalue weighted by molar-refractivity contribution is 6.23. The standard InChI is InChI=1S/C24H19NO4/c26-20-11-12-21(27)25(20)29-22(28)6-1-3-15-13-18-9-7-16-4-2-5-17-8-10-19(14-15)24(18)23(16)17/h2,4-5,7-10,13-14H,1,3,6,11-12H2. The number of amides is 2. The normalized spacial score (nSPS) is 14.6. The summed E-state index contributed by atoms with van der Waals surface area (Å²) >= 11 is 0. The Morgan fingerprint density at radius 1 is 0.828 bits per heavy atom. The van der Waals surface area contributed by atoms with Crippen LogP contribution in [0, 0.1) is 0 Å². The first-order valence-electron chi connectivity index (χ1n) is 9.83.